The van der Waals surface area contributed by atoms with Crippen LogP contribution in [0.2, 0.25) is 0 Å². The van der Waals surface area contributed by atoms with E-state index in [1.54, 1.807) is 11.3 Å². The standard InChI is InChI=1S/C11H16N2OS/c1-2-8(3-1)10-7-15-11(13-10)9-6-14-5-4-12-9/h7-9,12H,1-6H2. The molecule has 2 aliphatic rings. The number of hydrogen-bond donors (Lipinski definition) is 1. The number of nitrogens with zero attached hydrogens (tertiary/aromatic N) is 1. The molecule has 1 aromatic rings. The van der Waals surface area contributed by atoms with Gasteiger partial charge in [0.15, 0.2) is 0 Å². The van der Waals surface area contributed by atoms with Gasteiger partial charge in [0, 0.05) is 17.8 Å². The first-order valence-corrected chi connectivity index (χ1v) is 6.58. The van der Waals surface area contributed by atoms with Crippen molar-refractivity contribution in [3.63, 3.8) is 0 Å². The van der Waals surface area contributed by atoms with E-state index < -0.39 is 0 Å². The van der Waals surface area contributed by atoms with Crippen LogP contribution in [0.15, 0.2) is 5.38 Å². The summed E-state index contributed by atoms with van der Waals surface area (Å²) in [6.45, 7) is 2.55. The smallest absolute Gasteiger partial charge is 0.112 e. The second-order valence-corrected chi connectivity index (χ2v) is 5.21. The van der Waals surface area contributed by atoms with Crippen LogP contribution in [0.3, 0.4) is 0 Å². The predicted octanol–water partition coefficient (Wildman–Crippen LogP) is 2.07. The third kappa shape index (κ3) is 1.94. The van der Waals surface area contributed by atoms with Crippen molar-refractivity contribution in [3.05, 3.63) is 16.1 Å². The fraction of sp³-hybridized carbons (Fsp3) is 0.727. The number of ether oxygens (including phenoxy) is 1. The number of thiazole rings is 1. The van der Waals surface area contributed by atoms with Crippen molar-refractivity contribution in [2.45, 2.75) is 31.2 Å². The molecule has 2 heterocycles. The summed E-state index contributed by atoms with van der Waals surface area (Å²) in [5.74, 6) is 0.750. The molecule has 1 N–H and O–H groups in total. The molecule has 3 rings (SSSR count). The van der Waals surface area contributed by atoms with Gasteiger partial charge in [-0.2, -0.15) is 0 Å². The highest BCUT2D eigenvalue weighted by Gasteiger charge is 2.24. The van der Waals surface area contributed by atoms with Crippen LogP contribution in [0.25, 0.3) is 0 Å². The topological polar surface area (TPSA) is 34.1 Å². The molecule has 0 aromatic carbocycles. The number of rotatable bonds is 2. The van der Waals surface area contributed by atoms with Gasteiger partial charge >= 0.3 is 0 Å². The normalized spacial score (nSPS) is 27.6. The minimum atomic E-state index is 0.331. The van der Waals surface area contributed by atoms with Crippen LogP contribution < -0.4 is 5.32 Å². The average molecular weight is 224 g/mol. The van der Waals surface area contributed by atoms with Gasteiger partial charge in [0.05, 0.1) is 24.9 Å². The SMILES string of the molecule is c1sc(C2COCCN2)nc1C1CCC1. The van der Waals surface area contributed by atoms with Gasteiger partial charge in [0.25, 0.3) is 0 Å². The summed E-state index contributed by atoms with van der Waals surface area (Å²) in [6.07, 6.45) is 4.04. The zero-order valence-electron chi connectivity index (χ0n) is 8.74. The Morgan fingerprint density at radius 1 is 1.47 bits per heavy atom. The Morgan fingerprint density at radius 3 is 3.07 bits per heavy atom. The molecule has 1 aromatic heterocycles. The molecule has 1 unspecified atom stereocenters. The molecule has 15 heavy (non-hydrogen) atoms. The summed E-state index contributed by atoms with van der Waals surface area (Å²) in [7, 11) is 0. The molecule has 1 saturated heterocycles. The van der Waals surface area contributed by atoms with Crippen LogP contribution in [0.5, 0.6) is 0 Å². The molecule has 1 aliphatic carbocycles. The van der Waals surface area contributed by atoms with E-state index in [1.807, 2.05) is 0 Å². The lowest BCUT2D eigenvalue weighted by Gasteiger charge is -2.24. The predicted molar refractivity (Wildman–Crippen MR) is 60.3 cm³/mol. The highest BCUT2D eigenvalue weighted by Crippen LogP contribution is 2.37. The molecule has 1 atom stereocenters. The van der Waals surface area contributed by atoms with E-state index in [0.717, 1.165) is 25.7 Å². The van der Waals surface area contributed by atoms with Gasteiger partial charge in [-0.15, -0.1) is 11.3 Å². The minimum absolute atomic E-state index is 0.331. The Hall–Kier alpha value is -0.450. The fourth-order valence-corrected chi connectivity index (χ4v) is 3.04. The zero-order valence-corrected chi connectivity index (χ0v) is 9.55. The lowest BCUT2D eigenvalue weighted by molar-refractivity contribution is 0.0767. The van der Waals surface area contributed by atoms with E-state index in [1.165, 1.54) is 30.0 Å². The molecule has 2 fully saturated rings. The molecule has 0 spiro atoms. The molecular formula is C11H16N2OS. The number of nitrogens with one attached hydrogen (secondary N) is 1. The van der Waals surface area contributed by atoms with Crippen LogP contribution in [0.4, 0.5) is 0 Å². The summed E-state index contributed by atoms with van der Waals surface area (Å²) in [6, 6.07) is 0.331. The molecule has 82 valence electrons. The van der Waals surface area contributed by atoms with Crippen molar-refractivity contribution in [1.82, 2.24) is 10.3 Å². The van der Waals surface area contributed by atoms with E-state index in [2.05, 4.69) is 10.7 Å². The second-order valence-electron chi connectivity index (χ2n) is 4.32. The van der Waals surface area contributed by atoms with Crippen molar-refractivity contribution in [1.29, 1.82) is 0 Å². The maximum Gasteiger partial charge on any atom is 0.112 e. The molecule has 4 heteroatoms. The molecule has 3 nitrogen and oxygen atoms in total. The maximum atomic E-state index is 5.45. The fourth-order valence-electron chi connectivity index (χ4n) is 2.08. The molecule has 1 aliphatic heterocycles. The molecule has 1 saturated carbocycles. The van der Waals surface area contributed by atoms with Gasteiger partial charge in [-0.3, -0.25) is 0 Å². The second kappa shape index (κ2) is 4.20. The van der Waals surface area contributed by atoms with Gasteiger partial charge in [0.2, 0.25) is 0 Å². The van der Waals surface area contributed by atoms with Gasteiger partial charge in [-0.05, 0) is 12.8 Å². The van der Waals surface area contributed by atoms with Gasteiger partial charge in [-0.1, -0.05) is 6.42 Å². The third-order valence-corrected chi connectivity index (χ3v) is 4.26. The van der Waals surface area contributed by atoms with Crippen LogP contribution in [0.1, 0.15) is 41.9 Å². The van der Waals surface area contributed by atoms with Crippen molar-refractivity contribution in [3.8, 4) is 0 Å². The van der Waals surface area contributed by atoms with Crippen molar-refractivity contribution < 1.29 is 4.74 Å². The van der Waals surface area contributed by atoms with Crippen LogP contribution in [0, 0.1) is 0 Å². The Balaban J connectivity index is 1.71. The lowest BCUT2D eigenvalue weighted by atomic mass is 9.83. The maximum absolute atomic E-state index is 5.45. The summed E-state index contributed by atoms with van der Waals surface area (Å²) >= 11 is 1.78. The largest absolute Gasteiger partial charge is 0.378 e. The zero-order chi connectivity index (χ0) is 10.1. The van der Waals surface area contributed by atoms with E-state index in [0.29, 0.717) is 6.04 Å². The van der Waals surface area contributed by atoms with Crippen molar-refractivity contribution >= 4 is 11.3 Å². The van der Waals surface area contributed by atoms with Crippen LogP contribution in [-0.2, 0) is 4.74 Å². The Bertz CT molecular complexity index is 329. The molecule has 0 radical (unpaired) electrons. The first kappa shape index (κ1) is 9.75. The van der Waals surface area contributed by atoms with Crippen LogP contribution >= 0.6 is 11.3 Å². The monoisotopic (exact) mass is 224 g/mol. The summed E-state index contributed by atoms with van der Waals surface area (Å²) in [5.41, 5.74) is 1.31. The summed E-state index contributed by atoms with van der Waals surface area (Å²) < 4.78 is 5.45. The number of aromatic nitrogens is 1. The van der Waals surface area contributed by atoms with Gasteiger partial charge in [-0.25, -0.2) is 4.98 Å². The van der Waals surface area contributed by atoms with E-state index in [-0.39, 0.29) is 0 Å². The number of morpholine rings is 1. The van der Waals surface area contributed by atoms with Gasteiger partial charge < -0.3 is 10.1 Å². The Labute approximate surface area is 93.9 Å². The van der Waals surface area contributed by atoms with Crippen molar-refractivity contribution in [2.24, 2.45) is 0 Å². The van der Waals surface area contributed by atoms with E-state index in [4.69, 9.17) is 9.72 Å². The Kier molecular flexibility index (Phi) is 2.73. The number of hydrogen-bond acceptors (Lipinski definition) is 4. The molecule has 0 amide bonds. The highest BCUT2D eigenvalue weighted by atomic mass is 32.1. The average Bonchev–Trinajstić information content (AvgIpc) is 2.66. The molecular weight excluding hydrogens is 208 g/mol. The minimum Gasteiger partial charge on any atom is -0.378 e. The van der Waals surface area contributed by atoms with E-state index >= 15 is 0 Å². The summed E-state index contributed by atoms with van der Waals surface area (Å²) in [4.78, 5) is 4.73. The Morgan fingerprint density at radius 2 is 2.40 bits per heavy atom. The van der Waals surface area contributed by atoms with Crippen LogP contribution in [-0.4, -0.2) is 24.7 Å². The summed E-state index contributed by atoms with van der Waals surface area (Å²) in [5, 5.41) is 6.88. The first-order chi connectivity index (χ1) is 7.43. The lowest BCUT2D eigenvalue weighted by Crippen LogP contribution is -2.34. The molecule has 0 bridgehead atoms. The first-order valence-electron chi connectivity index (χ1n) is 5.70. The van der Waals surface area contributed by atoms with E-state index in [9.17, 15) is 0 Å². The quantitative estimate of drug-likeness (QED) is 0.835. The van der Waals surface area contributed by atoms with Crippen molar-refractivity contribution in [2.75, 3.05) is 19.8 Å². The third-order valence-electron chi connectivity index (χ3n) is 3.28. The van der Waals surface area contributed by atoms with Gasteiger partial charge in [0.1, 0.15) is 5.01 Å². The highest BCUT2D eigenvalue weighted by molar-refractivity contribution is 7.09.